The molecule has 4 saturated carbocycles. The second kappa shape index (κ2) is 5.64. The van der Waals surface area contributed by atoms with Crippen LogP contribution in [0.25, 0.3) is 0 Å². The molecular weight excluding hydrogens is 318 g/mol. The summed E-state index contributed by atoms with van der Waals surface area (Å²) in [5, 5.41) is 4.77. The van der Waals surface area contributed by atoms with Crippen LogP contribution in [0.2, 0.25) is 5.02 Å². The minimum Gasteiger partial charge on any atom is -0.494 e. The lowest BCUT2D eigenvalue weighted by Crippen LogP contribution is -2.63. The van der Waals surface area contributed by atoms with Crippen LogP contribution in [-0.2, 0) is 6.54 Å². The number of halogens is 1. The molecule has 5 rings (SSSR count). The monoisotopic (exact) mass is 347 g/mol. The van der Waals surface area contributed by atoms with E-state index in [2.05, 4.69) is 25.2 Å². The molecule has 0 aromatic heterocycles. The largest absolute Gasteiger partial charge is 0.494 e. The molecule has 0 heterocycles. The van der Waals surface area contributed by atoms with Gasteiger partial charge in [-0.25, -0.2) is 0 Å². The first-order chi connectivity index (χ1) is 11.3. The van der Waals surface area contributed by atoms with E-state index in [1.807, 2.05) is 19.1 Å². The predicted molar refractivity (Wildman–Crippen MR) is 99.6 cm³/mol. The van der Waals surface area contributed by atoms with Crippen LogP contribution in [0.5, 0.6) is 5.75 Å². The topological polar surface area (TPSA) is 21.3 Å². The molecule has 0 spiro atoms. The van der Waals surface area contributed by atoms with Gasteiger partial charge in [-0.15, -0.1) is 0 Å². The highest BCUT2D eigenvalue weighted by atomic mass is 35.5. The van der Waals surface area contributed by atoms with Gasteiger partial charge in [0.15, 0.2) is 0 Å². The first kappa shape index (κ1) is 16.7. The summed E-state index contributed by atoms with van der Waals surface area (Å²) >= 11 is 6.23. The Balaban J connectivity index is 1.55. The zero-order valence-electron chi connectivity index (χ0n) is 15.3. The summed E-state index contributed by atoms with van der Waals surface area (Å²) < 4.78 is 5.80. The fraction of sp³-hybridized carbons (Fsp3) is 0.714. The number of nitrogens with one attached hydrogen (secondary N) is 1. The van der Waals surface area contributed by atoms with Crippen molar-refractivity contribution in [3.63, 3.8) is 0 Å². The smallest absolute Gasteiger partial charge is 0.123 e. The zero-order valence-corrected chi connectivity index (χ0v) is 16.0. The van der Waals surface area contributed by atoms with E-state index < -0.39 is 0 Å². The molecule has 4 fully saturated rings. The van der Waals surface area contributed by atoms with Crippen LogP contribution in [0.3, 0.4) is 0 Å². The van der Waals surface area contributed by atoms with Gasteiger partial charge in [0.25, 0.3) is 0 Å². The van der Waals surface area contributed by atoms with Gasteiger partial charge >= 0.3 is 0 Å². The molecule has 2 unspecified atom stereocenters. The van der Waals surface area contributed by atoms with Crippen molar-refractivity contribution < 1.29 is 4.74 Å². The van der Waals surface area contributed by atoms with Crippen molar-refractivity contribution >= 4 is 11.6 Å². The molecule has 0 saturated heterocycles. The van der Waals surface area contributed by atoms with E-state index in [1.165, 1.54) is 44.1 Å². The third-order valence-electron chi connectivity index (χ3n) is 6.60. The van der Waals surface area contributed by atoms with Crippen LogP contribution < -0.4 is 10.1 Å². The van der Waals surface area contributed by atoms with Crippen molar-refractivity contribution in [2.75, 3.05) is 6.61 Å². The fourth-order valence-electron chi connectivity index (χ4n) is 6.91. The molecular formula is C21H30ClNO. The predicted octanol–water partition coefficient (Wildman–Crippen LogP) is 5.58. The Kier molecular flexibility index (Phi) is 3.93. The van der Waals surface area contributed by atoms with Gasteiger partial charge < -0.3 is 10.1 Å². The van der Waals surface area contributed by atoms with E-state index in [9.17, 15) is 0 Å². The van der Waals surface area contributed by atoms with E-state index >= 15 is 0 Å². The molecule has 4 aliphatic rings. The summed E-state index contributed by atoms with van der Waals surface area (Å²) in [6.07, 6.45) is 8.30. The average molecular weight is 348 g/mol. The molecule has 1 aromatic rings. The van der Waals surface area contributed by atoms with Crippen molar-refractivity contribution in [1.29, 1.82) is 0 Å². The lowest BCUT2D eigenvalue weighted by atomic mass is 9.43. The Morgan fingerprint density at radius 1 is 1.12 bits per heavy atom. The molecule has 4 bridgehead atoms. The third kappa shape index (κ3) is 2.97. The molecule has 0 radical (unpaired) electrons. The van der Waals surface area contributed by atoms with E-state index in [-0.39, 0.29) is 0 Å². The minimum atomic E-state index is 0.314. The zero-order chi connectivity index (χ0) is 17.0. The van der Waals surface area contributed by atoms with Gasteiger partial charge in [0, 0.05) is 22.7 Å². The summed E-state index contributed by atoms with van der Waals surface area (Å²) in [6.45, 7) is 8.63. The van der Waals surface area contributed by atoms with Gasteiger partial charge in [0.2, 0.25) is 0 Å². The van der Waals surface area contributed by atoms with Crippen molar-refractivity contribution in [3.8, 4) is 5.75 Å². The van der Waals surface area contributed by atoms with Gasteiger partial charge in [-0.05, 0) is 80.4 Å². The molecule has 24 heavy (non-hydrogen) atoms. The van der Waals surface area contributed by atoms with Crippen LogP contribution in [0, 0.1) is 16.7 Å². The van der Waals surface area contributed by atoms with Gasteiger partial charge in [0.05, 0.1) is 6.61 Å². The third-order valence-corrected chi connectivity index (χ3v) is 6.84. The molecule has 1 N–H and O–H groups in total. The van der Waals surface area contributed by atoms with Crippen LogP contribution in [0.1, 0.15) is 64.9 Å². The van der Waals surface area contributed by atoms with Gasteiger partial charge in [-0.3, -0.25) is 0 Å². The number of hydrogen-bond acceptors (Lipinski definition) is 2. The molecule has 2 atom stereocenters. The summed E-state index contributed by atoms with van der Waals surface area (Å²) in [6, 6.07) is 5.98. The van der Waals surface area contributed by atoms with Crippen molar-refractivity contribution in [3.05, 3.63) is 28.8 Å². The highest BCUT2D eigenvalue weighted by Gasteiger charge is 2.59. The highest BCUT2D eigenvalue weighted by molar-refractivity contribution is 6.30. The molecule has 2 nitrogen and oxygen atoms in total. The van der Waals surface area contributed by atoms with Gasteiger partial charge in [-0.1, -0.05) is 25.4 Å². The Bertz CT molecular complexity index is 625. The Morgan fingerprint density at radius 3 is 2.46 bits per heavy atom. The van der Waals surface area contributed by atoms with Crippen LogP contribution in [0.15, 0.2) is 18.2 Å². The molecule has 0 amide bonds. The SMILES string of the molecule is CCOc1ccc(Cl)cc1CNC12CC3CC(C)(CC(C)(C3)C1)C2. The number of rotatable bonds is 5. The number of benzene rings is 1. The summed E-state index contributed by atoms with van der Waals surface area (Å²) in [5.41, 5.74) is 2.58. The van der Waals surface area contributed by atoms with Crippen LogP contribution in [-0.4, -0.2) is 12.1 Å². The summed E-state index contributed by atoms with van der Waals surface area (Å²) in [5.74, 6) is 1.88. The second-order valence-electron chi connectivity index (χ2n) is 9.45. The summed E-state index contributed by atoms with van der Waals surface area (Å²) in [4.78, 5) is 0. The maximum absolute atomic E-state index is 6.23. The molecule has 3 heteroatoms. The highest BCUT2D eigenvalue weighted by Crippen LogP contribution is 2.66. The first-order valence-corrected chi connectivity index (χ1v) is 9.87. The second-order valence-corrected chi connectivity index (χ2v) is 9.89. The summed E-state index contributed by atoms with van der Waals surface area (Å²) in [7, 11) is 0. The molecule has 1 aromatic carbocycles. The lowest BCUT2D eigenvalue weighted by Gasteiger charge is -2.65. The van der Waals surface area contributed by atoms with Crippen LogP contribution >= 0.6 is 11.6 Å². The minimum absolute atomic E-state index is 0.314. The molecule has 132 valence electrons. The maximum atomic E-state index is 6.23. The Labute approximate surface area is 151 Å². The van der Waals surface area contributed by atoms with Crippen molar-refractivity contribution in [2.45, 2.75) is 71.4 Å². The van der Waals surface area contributed by atoms with E-state index in [1.54, 1.807) is 0 Å². The average Bonchev–Trinajstić information content (AvgIpc) is 2.44. The Hall–Kier alpha value is -0.730. The van der Waals surface area contributed by atoms with Crippen molar-refractivity contribution in [2.24, 2.45) is 16.7 Å². The number of hydrogen-bond donors (Lipinski definition) is 1. The normalized spacial score (nSPS) is 40.1. The quantitative estimate of drug-likeness (QED) is 0.751. The van der Waals surface area contributed by atoms with Crippen LogP contribution in [0.4, 0.5) is 0 Å². The van der Waals surface area contributed by atoms with E-state index in [4.69, 9.17) is 16.3 Å². The van der Waals surface area contributed by atoms with Gasteiger partial charge in [0.1, 0.15) is 5.75 Å². The first-order valence-electron chi connectivity index (χ1n) is 9.49. The number of ether oxygens (including phenoxy) is 1. The standard InChI is InChI=1S/C21H30ClNO/c1-4-24-18-6-5-17(22)7-16(18)11-23-21-10-15-8-19(2,13-21)12-20(3,9-15)14-21/h5-7,15,23H,4,8-14H2,1-3H3. The Morgan fingerprint density at radius 2 is 1.83 bits per heavy atom. The molecule has 4 aliphatic carbocycles. The lowest BCUT2D eigenvalue weighted by molar-refractivity contribution is -0.118. The molecule has 0 aliphatic heterocycles. The van der Waals surface area contributed by atoms with E-state index in [0.717, 1.165) is 23.2 Å². The maximum Gasteiger partial charge on any atom is 0.123 e. The van der Waals surface area contributed by atoms with Crippen molar-refractivity contribution in [1.82, 2.24) is 5.32 Å². The van der Waals surface area contributed by atoms with E-state index in [0.29, 0.717) is 23.0 Å². The van der Waals surface area contributed by atoms with Gasteiger partial charge in [-0.2, -0.15) is 0 Å². The fourth-order valence-corrected chi connectivity index (χ4v) is 7.10.